The van der Waals surface area contributed by atoms with Gasteiger partial charge in [0.15, 0.2) is 0 Å². The summed E-state index contributed by atoms with van der Waals surface area (Å²) in [7, 11) is 0. The fourth-order valence-electron chi connectivity index (χ4n) is 4.42. The molecule has 90 valence electrons. The predicted octanol–water partition coefficient (Wildman–Crippen LogP) is 3.82. The molecule has 0 aliphatic heterocycles. The maximum absolute atomic E-state index is 12.1. The number of Topliss-reactive ketones (excluding diaryl/α,β-unsaturated/α-hetero) is 1. The van der Waals surface area contributed by atoms with Gasteiger partial charge >= 0.3 is 0 Å². The van der Waals surface area contributed by atoms with Crippen molar-refractivity contribution in [3.8, 4) is 0 Å². The normalized spacial score (nSPS) is 50.2. The molecular formula is C15H24O. The highest BCUT2D eigenvalue weighted by atomic mass is 16.1. The van der Waals surface area contributed by atoms with E-state index in [4.69, 9.17) is 0 Å². The number of rotatable bonds is 0. The lowest BCUT2D eigenvalue weighted by Gasteiger charge is -2.51. The van der Waals surface area contributed by atoms with Crippen LogP contribution >= 0.6 is 0 Å². The lowest BCUT2D eigenvalue weighted by atomic mass is 9.52. The summed E-state index contributed by atoms with van der Waals surface area (Å²) < 4.78 is 0. The fraction of sp³-hybridized carbons (Fsp3) is 0.933. The molecule has 3 aliphatic carbocycles. The molecule has 3 aliphatic rings. The molecule has 0 spiro atoms. The lowest BCUT2D eigenvalue weighted by molar-refractivity contribution is -0.137. The van der Waals surface area contributed by atoms with E-state index in [0.717, 1.165) is 18.8 Å². The monoisotopic (exact) mass is 220 g/mol. The summed E-state index contributed by atoms with van der Waals surface area (Å²) in [5.74, 6) is 2.57. The van der Waals surface area contributed by atoms with Gasteiger partial charge in [0.1, 0.15) is 5.78 Å². The first-order valence-electron chi connectivity index (χ1n) is 6.95. The molecule has 0 aromatic carbocycles. The number of hydrogen-bond donors (Lipinski definition) is 0. The molecule has 0 heterocycles. The van der Waals surface area contributed by atoms with Crippen molar-refractivity contribution in [3.05, 3.63) is 0 Å². The molecule has 1 nitrogen and oxygen atoms in total. The van der Waals surface area contributed by atoms with E-state index in [-0.39, 0.29) is 0 Å². The minimum absolute atomic E-state index is 0.427. The fourth-order valence-corrected chi connectivity index (χ4v) is 4.42. The third-order valence-corrected chi connectivity index (χ3v) is 5.95. The molecule has 1 heteroatoms. The van der Waals surface area contributed by atoms with Gasteiger partial charge in [-0.1, -0.05) is 20.8 Å². The van der Waals surface area contributed by atoms with Crippen LogP contribution in [0, 0.1) is 28.6 Å². The maximum Gasteiger partial charge on any atom is 0.136 e. The highest BCUT2D eigenvalue weighted by molar-refractivity contribution is 5.82. The summed E-state index contributed by atoms with van der Waals surface area (Å²) in [6.07, 6.45) is 7.26. The van der Waals surface area contributed by atoms with Gasteiger partial charge in [-0.3, -0.25) is 4.79 Å². The summed E-state index contributed by atoms with van der Waals surface area (Å²) >= 11 is 0. The van der Waals surface area contributed by atoms with E-state index in [1.165, 1.54) is 25.7 Å². The Morgan fingerprint density at radius 2 is 1.88 bits per heavy atom. The Morgan fingerprint density at radius 3 is 2.56 bits per heavy atom. The van der Waals surface area contributed by atoms with Crippen molar-refractivity contribution in [2.24, 2.45) is 28.6 Å². The molecule has 0 radical (unpaired) electrons. The molecule has 3 rings (SSSR count). The number of carbonyl (C=O) groups excluding carboxylic acids is 1. The van der Waals surface area contributed by atoms with Crippen LogP contribution in [0.4, 0.5) is 0 Å². The molecule has 0 saturated heterocycles. The highest BCUT2D eigenvalue weighted by Crippen LogP contribution is 2.62. The summed E-state index contributed by atoms with van der Waals surface area (Å²) in [6, 6.07) is 0. The zero-order valence-electron chi connectivity index (χ0n) is 10.9. The van der Waals surface area contributed by atoms with Gasteiger partial charge < -0.3 is 0 Å². The predicted molar refractivity (Wildman–Crippen MR) is 65.1 cm³/mol. The second-order valence-electron chi connectivity index (χ2n) is 7.50. The van der Waals surface area contributed by atoms with Crippen molar-refractivity contribution in [3.63, 3.8) is 0 Å². The molecule has 0 bridgehead atoms. The molecule has 0 amide bonds. The summed E-state index contributed by atoms with van der Waals surface area (Å²) in [5.41, 5.74) is 1.05. The smallest absolute Gasteiger partial charge is 0.136 e. The zero-order chi connectivity index (χ0) is 11.6. The van der Waals surface area contributed by atoms with Gasteiger partial charge in [0.25, 0.3) is 0 Å². The quantitative estimate of drug-likeness (QED) is 0.606. The van der Waals surface area contributed by atoms with E-state index in [1.807, 2.05) is 0 Å². The van der Waals surface area contributed by atoms with Crippen LogP contribution in [-0.4, -0.2) is 5.78 Å². The number of carbonyl (C=O) groups is 1. The van der Waals surface area contributed by atoms with E-state index < -0.39 is 0 Å². The summed E-state index contributed by atoms with van der Waals surface area (Å²) in [4.78, 5) is 12.1. The molecule has 4 atom stereocenters. The second-order valence-corrected chi connectivity index (χ2v) is 7.50. The molecule has 0 aromatic rings. The van der Waals surface area contributed by atoms with Crippen molar-refractivity contribution < 1.29 is 4.79 Å². The summed E-state index contributed by atoms with van der Waals surface area (Å²) in [6.45, 7) is 7.15. The summed E-state index contributed by atoms with van der Waals surface area (Å²) in [5, 5.41) is 0. The molecule has 16 heavy (non-hydrogen) atoms. The first-order valence-corrected chi connectivity index (χ1v) is 6.95. The average molecular weight is 220 g/mol. The van der Waals surface area contributed by atoms with E-state index in [1.54, 1.807) is 0 Å². The molecule has 0 aromatic heterocycles. The Labute approximate surface area is 99.0 Å². The SMILES string of the molecule is CC1(C)C[C@@H]2C(=O)CC[C@H]3C[C@]3(C)CC[C@H]21. The van der Waals surface area contributed by atoms with Gasteiger partial charge in [-0.2, -0.15) is 0 Å². The van der Waals surface area contributed by atoms with Crippen LogP contribution in [0.1, 0.15) is 59.3 Å². The topological polar surface area (TPSA) is 17.1 Å². The second kappa shape index (κ2) is 3.11. The van der Waals surface area contributed by atoms with Gasteiger partial charge in [-0.05, 0) is 54.8 Å². The van der Waals surface area contributed by atoms with Crippen molar-refractivity contribution in [2.45, 2.75) is 59.3 Å². The Hall–Kier alpha value is -0.330. The molecule has 0 N–H and O–H groups in total. The average Bonchev–Trinajstić information content (AvgIpc) is 2.82. The van der Waals surface area contributed by atoms with Crippen molar-refractivity contribution in [1.82, 2.24) is 0 Å². The lowest BCUT2D eigenvalue weighted by Crippen LogP contribution is -2.47. The van der Waals surface area contributed by atoms with E-state index in [0.29, 0.717) is 28.4 Å². The Morgan fingerprint density at radius 1 is 1.12 bits per heavy atom. The van der Waals surface area contributed by atoms with Crippen LogP contribution in [0.2, 0.25) is 0 Å². The van der Waals surface area contributed by atoms with Crippen molar-refractivity contribution in [2.75, 3.05) is 0 Å². The van der Waals surface area contributed by atoms with Crippen LogP contribution in [0.15, 0.2) is 0 Å². The van der Waals surface area contributed by atoms with E-state index in [9.17, 15) is 4.79 Å². The number of hydrogen-bond acceptors (Lipinski definition) is 1. The van der Waals surface area contributed by atoms with Gasteiger partial charge in [-0.25, -0.2) is 0 Å². The van der Waals surface area contributed by atoms with Crippen LogP contribution in [0.3, 0.4) is 0 Å². The van der Waals surface area contributed by atoms with Gasteiger partial charge in [0, 0.05) is 12.3 Å². The van der Waals surface area contributed by atoms with Gasteiger partial charge in [0.05, 0.1) is 0 Å². The molecule has 0 unspecified atom stereocenters. The maximum atomic E-state index is 12.1. The minimum Gasteiger partial charge on any atom is -0.299 e. The number of fused-ring (bicyclic) bond motifs is 2. The molecular weight excluding hydrogens is 196 g/mol. The third-order valence-electron chi connectivity index (χ3n) is 5.95. The van der Waals surface area contributed by atoms with Crippen LogP contribution in [0.5, 0.6) is 0 Å². The third kappa shape index (κ3) is 1.47. The first-order chi connectivity index (χ1) is 7.42. The van der Waals surface area contributed by atoms with Gasteiger partial charge in [0.2, 0.25) is 0 Å². The van der Waals surface area contributed by atoms with Crippen LogP contribution < -0.4 is 0 Å². The number of ketones is 1. The van der Waals surface area contributed by atoms with Crippen LogP contribution in [0.25, 0.3) is 0 Å². The zero-order valence-corrected chi connectivity index (χ0v) is 10.9. The standard InChI is InChI=1S/C15H24O/c1-14(2)9-11-12(14)6-7-15(3)8-10(15)4-5-13(11)16/h10-12H,4-9H2,1-3H3/t10-,11-,12+,15-/m0/s1. The van der Waals surface area contributed by atoms with Gasteiger partial charge in [-0.15, -0.1) is 0 Å². The Kier molecular flexibility index (Phi) is 2.10. The largest absolute Gasteiger partial charge is 0.299 e. The molecule has 3 saturated carbocycles. The van der Waals surface area contributed by atoms with Crippen molar-refractivity contribution >= 4 is 5.78 Å². The Balaban J connectivity index is 1.78. The highest BCUT2D eigenvalue weighted by Gasteiger charge is 2.55. The van der Waals surface area contributed by atoms with E-state index >= 15 is 0 Å². The minimum atomic E-state index is 0.427. The van der Waals surface area contributed by atoms with Crippen molar-refractivity contribution in [1.29, 1.82) is 0 Å². The van der Waals surface area contributed by atoms with Crippen LogP contribution in [-0.2, 0) is 4.79 Å². The Bertz CT molecular complexity index is 330. The van der Waals surface area contributed by atoms with E-state index in [2.05, 4.69) is 20.8 Å². The molecule has 3 fully saturated rings. The first kappa shape index (κ1) is 10.8.